The second-order valence-electron chi connectivity index (χ2n) is 6.37. The van der Waals surface area contributed by atoms with Crippen LogP contribution in [-0.4, -0.2) is 76.3 Å². The van der Waals surface area contributed by atoms with Crippen LogP contribution in [0.1, 0.15) is 18.9 Å². The zero-order valence-corrected chi connectivity index (χ0v) is 14.4. The molecular weight excluding hydrogens is 327 g/mol. The molecule has 4 N–H and O–H groups in total. The molecule has 1 saturated heterocycles. The Balaban J connectivity index is 1.95. The highest BCUT2D eigenvalue weighted by atomic mass is 19.1. The molecule has 1 aliphatic heterocycles. The topological polar surface area (TPSA) is 93.0 Å². The van der Waals surface area contributed by atoms with Gasteiger partial charge in [0.15, 0.2) is 0 Å². The Bertz CT molecular complexity index is 543. The van der Waals surface area contributed by atoms with Crippen molar-refractivity contribution in [3.63, 3.8) is 0 Å². The summed E-state index contributed by atoms with van der Waals surface area (Å²) in [6.45, 7) is 2.20. The summed E-state index contributed by atoms with van der Waals surface area (Å²) >= 11 is 0. The molecule has 0 spiro atoms. The van der Waals surface area contributed by atoms with Gasteiger partial charge in [-0.2, -0.15) is 0 Å². The van der Waals surface area contributed by atoms with Gasteiger partial charge in [-0.3, -0.25) is 10.1 Å². The van der Waals surface area contributed by atoms with E-state index in [0.717, 1.165) is 12.8 Å². The number of aryl methyl sites for hydroxylation is 1. The Morgan fingerprint density at radius 2 is 1.92 bits per heavy atom. The Morgan fingerprint density at radius 3 is 2.52 bits per heavy atom. The smallest absolute Gasteiger partial charge is 0.242 e. The van der Waals surface area contributed by atoms with Gasteiger partial charge in [-0.1, -0.05) is 30.3 Å². The maximum Gasteiger partial charge on any atom is 0.242 e. The van der Waals surface area contributed by atoms with Crippen LogP contribution in [0.5, 0.6) is 0 Å². The summed E-state index contributed by atoms with van der Waals surface area (Å²) < 4.78 is 13.8. The standard InChI is InChI=1S/C18H27FN2O4/c1-2-21(10-6-9-12-7-4-3-5-8-12)18(25)15-17(24)16(23)14(19)13(11-22)20-15/h3-5,7-8,13-17,20,22-24H,2,6,9-11H2,1H3/t13-,14-,15+,16+,17-/m1/s1. The van der Waals surface area contributed by atoms with Gasteiger partial charge >= 0.3 is 0 Å². The quantitative estimate of drug-likeness (QED) is 0.547. The van der Waals surface area contributed by atoms with Gasteiger partial charge in [0, 0.05) is 13.1 Å². The van der Waals surface area contributed by atoms with Crippen LogP contribution in [0.15, 0.2) is 30.3 Å². The first-order valence-corrected chi connectivity index (χ1v) is 8.69. The lowest BCUT2D eigenvalue weighted by Crippen LogP contribution is -2.68. The number of carbonyl (C=O) groups excluding carboxylic acids is 1. The van der Waals surface area contributed by atoms with Crippen LogP contribution in [0.4, 0.5) is 4.39 Å². The summed E-state index contributed by atoms with van der Waals surface area (Å²) in [6, 6.07) is 7.71. The Kier molecular flexibility index (Phi) is 7.31. The van der Waals surface area contributed by atoms with Crippen LogP contribution in [0.2, 0.25) is 0 Å². The van der Waals surface area contributed by atoms with Crippen molar-refractivity contribution in [3.8, 4) is 0 Å². The molecule has 1 aromatic carbocycles. The van der Waals surface area contributed by atoms with Crippen molar-refractivity contribution < 1.29 is 24.5 Å². The predicted molar refractivity (Wildman–Crippen MR) is 91.7 cm³/mol. The summed E-state index contributed by atoms with van der Waals surface area (Å²) in [4.78, 5) is 14.3. The SMILES string of the molecule is CCN(CCCc1ccccc1)C(=O)[C@H]1N[C@H](CO)[C@@H](F)[C@H](O)[C@@H]1O. The van der Waals surface area contributed by atoms with Gasteiger partial charge < -0.3 is 20.2 Å². The van der Waals surface area contributed by atoms with E-state index in [1.54, 1.807) is 4.90 Å². The average molecular weight is 354 g/mol. The van der Waals surface area contributed by atoms with E-state index in [9.17, 15) is 24.5 Å². The molecule has 5 atom stereocenters. The minimum atomic E-state index is -1.82. The van der Waals surface area contributed by atoms with Gasteiger partial charge in [-0.25, -0.2) is 4.39 Å². The van der Waals surface area contributed by atoms with E-state index in [1.807, 2.05) is 37.3 Å². The molecule has 2 rings (SSSR count). The largest absolute Gasteiger partial charge is 0.395 e. The number of hydrogen-bond donors (Lipinski definition) is 4. The van der Waals surface area contributed by atoms with Crippen molar-refractivity contribution in [2.75, 3.05) is 19.7 Å². The van der Waals surface area contributed by atoms with Gasteiger partial charge in [0.2, 0.25) is 5.91 Å². The third-order valence-corrected chi connectivity index (χ3v) is 4.69. The van der Waals surface area contributed by atoms with Crippen LogP contribution in [0.25, 0.3) is 0 Å². The second-order valence-corrected chi connectivity index (χ2v) is 6.37. The lowest BCUT2D eigenvalue weighted by atomic mass is 9.90. The molecule has 1 heterocycles. The molecular formula is C18H27FN2O4. The molecule has 140 valence electrons. The normalized spacial score (nSPS) is 29.4. The molecule has 0 bridgehead atoms. The van der Waals surface area contributed by atoms with Crippen LogP contribution in [-0.2, 0) is 11.2 Å². The van der Waals surface area contributed by atoms with Crippen LogP contribution < -0.4 is 5.32 Å². The second kappa shape index (κ2) is 9.24. The number of aliphatic hydroxyl groups excluding tert-OH is 3. The zero-order valence-electron chi connectivity index (χ0n) is 14.4. The number of nitrogens with zero attached hydrogens (tertiary/aromatic N) is 1. The molecule has 0 radical (unpaired) electrons. The van der Waals surface area contributed by atoms with Crippen molar-refractivity contribution in [3.05, 3.63) is 35.9 Å². The van der Waals surface area contributed by atoms with E-state index >= 15 is 0 Å². The molecule has 25 heavy (non-hydrogen) atoms. The minimum absolute atomic E-state index is 0.396. The number of likely N-dealkylation sites (N-methyl/N-ethyl adjacent to an activating group) is 1. The lowest BCUT2D eigenvalue weighted by molar-refractivity contribution is -0.147. The number of rotatable bonds is 7. The molecule has 1 amide bonds. The average Bonchev–Trinajstić information content (AvgIpc) is 2.64. The number of benzene rings is 1. The summed E-state index contributed by atoms with van der Waals surface area (Å²) in [5.41, 5.74) is 1.18. The van der Waals surface area contributed by atoms with Crippen LogP contribution >= 0.6 is 0 Å². The van der Waals surface area contributed by atoms with E-state index in [1.165, 1.54) is 5.56 Å². The van der Waals surface area contributed by atoms with E-state index in [4.69, 9.17) is 0 Å². The molecule has 7 heteroatoms. The number of amides is 1. The highest BCUT2D eigenvalue weighted by molar-refractivity contribution is 5.83. The number of alkyl halides is 1. The third-order valence-electron chi connectivity index (χ3n) is 4.69. The number of halogens is 1. The van der Waals surface area contributed by atoms with Gasteiger partial charge in [0.05, 0.1) is 12.6 Å². The van der Waals surface area contributed by atoms with E-state index in [2.05, 4.69) is 5.32 Å². The zero-order chi connectivity index (χ0) is 18.4. The van der Waals surface area contributed by atoms with Crippen LogP contribution in [0, 0.1) is 0 Å². The Labute approximate surface area is 147 Å². The fourth-order valence-electron chi connectivity index (χ4n) is 3.16. The summed E-state index contributed by atoms with van der Waals surface area (Å²) in [5, 5.41) is 31.7. The van der Waals surface area contributed by atoms with Gasteiger partial charge in [-0.05, 0) is 25.3 Å². The van der Waals surface area contributed by atoms with Crippen molar-refractivity contribution in [1.29, 1.82) is 0 Å². The van der Waals surface area contributed by atoms with Gasteiger partial charge in [0.25, 0.3) is 0 Å². The number of piperidine rings is 1. The number of hydrogen-bond acceptors (Lipinski definition) is 5. The van der Waals surface area contributed by atoms with E-state index in [0.29, 0.717) is 13.1 Å². The van der Waals surface area contributed by atoms with Crippen molar-refractivity contribution in [2.45, 2.75) is 50.2 Å². The number of carbonyl (C=O) groups is 1. The monoisotopic (exact) mass is 354 g/mol. The number of nitrogens with one attached hydrogen (secondary N) is 1. The molecule has 6 nitrogen and oxygen atoms in total. The number of aliphatic hydroxyl groups is 3. The highest BCUT2D eigenvalue weighted by Gasteiger charge is 2.46. The summed E-state index contributed by atoms with van der Waals surface area (Å²) in [6.07, 6.45) is -3.50. The fraction of sp³-hybridized carbons (Fsp3) is 0.611. The fourth-order valence-corrected chi connectivity index (χ4v) is 3.16. The first-order chi connectivity index (χ1) is 12.0. The Morgan fingerprint density at radius 1 is 1.24 bits per heavy atom. The predicted octanol–water partition coefficient (Wildman–Crippen LogP) is -0.140. The first kappa shape index (κ1) is 19.8. The van der Waals surface area contributed by atoms with E-state index in [-0.39, 0.29) is 0 Å². The van der Waals surface area contributed by atoms with E-state index < -0.39 is 43.0 Å². The maximum atomic E-state index is 13.8. The van der Waals surface area contributed by atoms with Gasteiger partial charge in [-0.15, -0.1) is 0 Å². The lowest BCUT2D eigenvalue weighted by Gasteiger charge is -2.40. The molecule has 1 aromatic rings. The molecule has 1 aliphatic rings. The van der Waals surface area contributed by atoms with Crippen LogP contribution in [0.3, 0.4) is 0 Å². The first-order valence-electron chi connectivity index (χ1n) is 8.69. The van der Waals surface area contributed by atoms with Crippen molar-refractivity contribution >= 4 is 5.91 Å². The molecule has 0 aromatic heterocycles. The summed E-state index contributed by atoms with van der Waals surface area (Å²) in [7, 11) is 0. The van der Waals surface area contributed by atoms with Crippen molar-refractivity contribution in [1.82, 2.24) is 10.2 Å². The summed E-state index contributed by atoms with van der Waals surface area (Å²) in [5.74, 6) is -0.396. The molecule has 0 aliphatic carbocycles. The highest BCUT2D eigenvalue weighted by Crippen LogP contribution is 2.20. The maximum absolute atomic E-state index is 13.8. The Hall–Kier alpha value is -1.54. The van der Waals surface area contributed by atoms with Crippen molar-refractivity contribution in [2.24, 2.45) is 0 Å². The minimum Gasteiger partial charge on any atom is -0.395 e. The molecule has 1 fully saturated rings. The molecule has 0 saturated carbocycles. The van der Waals surface area contributed by atoms with Gasteiger partial charge in [0.1, 0.15) is 24.4 Å². The third kappa shape index (κ3) is 4.76. The molecule has 0 unspecified atom stereocenters.